The normalized spacial score (nSPS) is 17.5. The summed E-state index contributed by atoms with van der Waals surface area (Å²) in [5, 5.41) is 8.99. The van der Waals surface area contributed by atoms with Gasteiger partial charge in [0.15, 0.2) is 5.65 Å². The maximum atomic E-state index is 6.14. The van der Waals surface area contributed by atoms with Gasteiger partial charge in [-0.1, -0.05) is 23.2 Å². The highest BCUT2D eigenvalue weighted by molar-refractivity contribution is 6.42. The second-order valence-electron chi connectivity index (χ2n) is 8.57. The lowest BCUT2D eigenvalue weighted by atomic mass is 10.2. The summed E-state index contributed by atoms with van der Waals surface area (Å²) in [6.45, 7) is 4.26. The standard InChI is InChI=1S/C21H23Cl2N9/c1-30-4-6-31(7-5-30)21-28-19-13(12-2-3-12)10-25-32(19)20(29-21)24-11-18-26-16-8-14(22)15(23)9-17(16)27-18/h8-10,12H,2-7,11H2,1H3,(H,26,27)(H,24,28,29). The fraction of sp³-hybridized carbons (Fsp3) is 0.429. The van der Waals surface area contributed by atoms with E-state index < -0.39 is 0 Å². The fourth-order valence-corrected chi connectivity index (χ4v) is 4.45. The number of halogens is 2. The highest BCUT2D eigenvalue weighted by Gasteiger charge is 2.29. The average molecular weight is 472 g/mol. The number of aromatic nitrogens is 6. The molecule has 1 saturated heterocycles. The molecule has 1 aliphatic heterocycles. The first-order chi connectivity index (χ1) is 15.5. The SMILES string of the molecule is CN1CCN(c2nc(NCc3nc4cc(Cl)c(Cl)cc4[nH]3)n3ncc(C4CC4)c3n2)CC1. The minimum atomic E-state index is 0.455. The first-order valence-electron chi connectivity index (χ1n) is 10.8. The number of hydrogen-bond donors (Lipinski definition) is 2. The lowest BCUT2D eigenvalue weighted by Gasteiger charge is -2.32. The molecule has 1 aliphatic carbocycles. The van der Waals surface area contributed by atoms with Crippen molar-refractivity contribution in [3.05, 3.63) is 39.8 Å². The molecule has 0 amide bonds. The number of hydrogen-bond acceptors (Lipinski definition) is 7. The van der Waals surface area contributed by atoms with Gasteiger partial charge in [-0.05, 0) is 37.9 Å². The van der Waals surface area contributed by atoms with Crippen molar-refractivity contribution < 1.29 is 0 Å². The summed E-state index contributed by atoms with van der Waals surface area (Å²) in [5.74, 6) is 2.73. The van der Waals surface area contributed by atoms with Gasteiger partial charge in [-0.3, -0.25) is 0 Å². The first-order valence-corrected chi connectivity index (χ1v) is 11.6. The molecular weight excluding hydrogens is 449 g/mol. The zero-order chi connectivity index (χ0) is 21.8. The molecule has 1 aromatic carbocycles. The summed E-state index contributed by atoms with van der Waals surface area (Å²) in [7, 11) is 2.14. The maximum absolute atomic E-state index is 6.14. The van der Waals surface area contributed by atoms with Crippen molar-refractivity contribution in [1.29, 1.82) is 0 Å². The molecule has 1 saturated carbocycles. The monoisotopic (exact) mass is 471 g/mol. The number of nitrogens with zero attached hydrogens (tertiary/aromatic N) is 7. The third kappa shape index (κ3) is 3.64. The zero-order valence-electron chi connectivity index (χ0n) is 17.6. The summed E-state index contributed by atoms with van der Waals surface area (Å²) < 4.78 is 1.81. The van der Waals surface area contributed by atoms with Crippen molar-refractivity contribution >= 4 is 51.8 Å². The Morgan fingerprint density at radius 2 is 1.84 bits per heavy atom. The van der Waals surface area contributed by atoms with Crippen molar-refractivity contribution in [2.45, 2.75) is 25.3 Å². The molecule has 2 fully saturated rings. The molecule has 3 aromatic heterocycles. The number of rotatable bonds is 5. The van der Waals surface area contributed by atoms with Crippen molar-refractivity contribution in [3.8, 4) is 0 Å². The molecular formula is C21H23Cl2N9. The van der Waals surface area contributed by atoms with Crippen LogP contribution in [-0.4, -0.2) is 67.7 Å². The van der Waals surface area contributed by atoms with Gasteiger partial charge in [0.05, 0.1) is 33.8 Å². The van der Waals surface area contributed by atoms with Crippen LogP contribution in [0.5, 0.6) is 0 Å². The molecule has 11 heteroatoms. The van der Waals surface area contributed by atoms with Gasteiger partial charge in [0, 0.05) is 31.7 Å². The summed E-state index contributed by atoms with van der Waals surface area (Å²) in [6.07, 6.45) is 4.33. The quantitative estimate of drug-likeness (QED) is 0.459. The topological polar surface area (TPSA) is 90.3 Å². The molecule has 0 bridgehead atoms. The van der Waals surface area contributed by atoms with Crippen molar-refractivity contribution in [2.75, 3.05) is 43.4 Å². The summed E-state index contributed by atoms with van der Waals surface area (Å²) in [5.41, 5.74) is 3.72. The number of fused-ring (bicyclic) bond motifs is 2. The average Bonchev–Trinajstić information content (AvgIpc) is 3.42. The van der Waals surface area contributed by atoms with E-state index in [4.69, 9.17) is 33.2 Å². The molecule has 4 heterocycles. The van der Waals surface area contributed by atoms with E-state index in [1.54, 1.807) is 12.1 Å². The number of imidazole rings is 1. The van der Waals surface area contributed by atoms with Gasteiger partial charge in [0.1, 0.15) is 5.82 Å². The Bertz CT molecular complexity index is 1260. The number of benzene rings is 1. The molecule has 2 N–H and O–H groups in total. The summed E-state index contributed by atoms with van der Waals surface area (Å²) >= 11 is 12.3. The van der Waals surface area contributed by atoms with Crippen LogP contribution in [-0.2, 0) is 6.54 Å². The second-order valence-corrected chi connectivity index (χ2v) is 9.38. The van der Waals surface area contributed by atoms with Crippen LogP contribution in [0, 0.1) is 0 Å². The van der Waals surface area contributed by atoms with E-state index >= 15 is 0 Å². The minimum absolute atomic E-state index is 0.455. The third-order valence-electron chi connectivity index (χ3n) is 6.17. The molecule has 32 heavy (non-hydrogen) atoms. The Balaban J connectivity index is 1.33. The summed E-state index contributed by atoms with van der Waals surface area (Å²) in [6, 6.07) is 3.56. The van der Waals surface area contributed by atoms with Crippen molar-refractivity contribution in [1.82, 2.24) is 34.4 Å². The second kappa shape index (κ2) is 7.75. The van der Waals surface area contributed by atoms with Gasteiger partial charge < -0.3 is 20.1 Å². The molecule has 6 rings (SSSR count). The van der Waals surface area contributed by atoms with E-state index in [9.17, 15) is 0 Å². The molecule has 0 radical (unpaired) electrons. The molecule has 4 aromatic rings. The first kappa shape index (κ1) is 20.0. The van der Waals surface area contributed by atoms with Gasteiger partial charge in [-0.15, -0.1) is 0 Å². The van der Waals surface area contributed by atoms with Crippen LogP contribution in [0.4, 0.5) is 11.9 Å². The van der Waals surface area contributed by atoms with Crippen LogP contribution >= 0.6 is 23.2 Å². The lowest BCUT2D eigenvalue weighted by molar-refractivity contribution is 0.311. The van der Waals surface area contributed by atoms with Crippen LogP contribution in [0.15, 0.2) is 18.3 Å². The number of nitrogens with one attached hydrogen (secondary N) is 2. The Kier molecular flexibility index (Phi) is 4.85. The minimum Gasteiger partial charge on any atom is -0.347 e. The largest absolute Gasteiger partial charge is 0.347 e. The Morgan fingerprint density at radius 3 is 2.62 bits per heavy atom. The van der Waals surface area contributed by atoms with Gasteiger partial charge in [0.2, 0.25) is 11.9 Å². The van der Waals surface area contributed by atoms with Crippen LogP contribution in [0.1, 0.15) is 30.1 Å². The van der Waals surface area contributed by atoms with E-state index in [1.165, 1.54) is 18.4 Å². The number of likely N-dealkylation sites (N-methyl/N-ethyl adjacent to an activating group) is 1. The van der Waals surface area contributed by atoms with Crippen LogP contribution in [0.3, 0.4) is 0 Å². The highest BCUT2D eigenvalue weighted by atomic mass is 35.5. The van der Waals surface area contributed by atoms with Crippen molar-refractivity contribution in [3.63, 3.8) is 0 Å². The van der Waals surface area contributed by atoms with E-state index in [0.717, 1.165) is 54.6 Å². The highest BCUT2D eigenvalue weighted by Crippen LogP contribution is 2.42. The molecule has 0 spiro atoms. The van der Waals surface area contributed by atoms with E-state index in [2.05, 4.69) is 37.2 Å². The predicted molar refractivity (Wildman–Crippen MR) is 126 cm³/mol. The number of piperazine rings is 1. The number of H-pyrrole nitrogens is 1. The van der Waals surface area contributed by atoms with Crippen molar-refractivity contribution in [2.24, 2.45) is 0 Å². The molecule has 166 valence electrons. The smallest absolute Gasteiger partial charge is 0.230 e. The third-order valence-corrected chi connectivity index (χ3v) is 6.90. The molecule has 9 nitrogen and oxygen atoms in total. The summed E-state index contributed by atoms with van der Waals surface area (Å²) in [4.78, 5) is 22.2. The van der Waals surface area contributed by atoms with Gasteiger partial charge in [-0.25, -0.2) is 4.98 Å². The van der Waals surface area contributed by atoms with Gasteiger partial charge in [0.25, 0.3) is 0 Å². The van der Waals surface area contributed by atoms with E-state index in [1.807, 2.05) is 10.7 Å². The Labute approximate surface area is 194 Å². The number of aromatic amines is 1. The van der Waals surface area contributed by atoms with Crippen LogP contribution in [0.25, 0.3) is 16.7 Å². The van der Waals surface area contributed by atoms with Crippen LogP contribution < -0.4 is 10.2 Å². The Morgan fingerprint density at radius 1 is 1.06 bits per heavy atom. The molecule has 0 unspecified atom stereocenters. The maximum Gasteiger partial charge on any atom is 0.230 e. The Hall–Kier alpha value is -2.62. The zero-order valence-corrected chi connectivity index (χ0v) is 19.2. The van der Waals surface area contributed by atoms with E-state index in [-0.39, 0.29) is 0 Å². The van der Waals surface area contributed by atoms with Gasteiger partial charge in [-0.2, -0.15) is 19.6 Å². The molecule has 2 aliphatic rings. The fourth-order valence-electron chi connectivity index (χ4n) is 4.13. The van der Waals surface area contributed by atoms with E-state index in [0.29, 0.717) is 28.5 Å². The van der Waals surface area contributed by atoms with Gasteiger partial charge >= 0.3 is 0 Å². The predicted octanol–water partition coefficient (Wildman–Crippen LogP) is 3.55. The van der Waals surface area contributed by atoms with Crippen LogP contribution in [0.2, 0.25) is 10.0 Å². The molecule has 0 atom stereocenters. The lowest BCUT2D eigenvalue weighted by Crippen LogP contribution is -2.45. The number of anilines is 2.